The van der Waals surface area contributed by atoms with Crippen molar-refractivity contribution in [3.63, 3.8) is 0 Å². The summed E-state index contributed by atoms with van der Waals surface area (Å²) in [5.74, 6) is -0.423. The monoisotopic (exact) mass is 226 g/mol. The first-order valence-electron chi connectivity index (χ1n) is 5.85. The highest BCUT2D eigenvalue weighted by Gasteiger charge is 2.37. The maximum Gasteiger partial charge on any atom is 0.240 e. The van der Waals surface area contributed by atoms with E-state index in [1.165, 1.54) is 0 Å². The summed E-state index contributed by atoms with van der Waals surface area (Å²) in [5.41, 5.74) is 5.22. The third-order valence-electron chi connectivity index (χ3n) is 3.53. The number of amides is 2. The highest BCUT2D eigenvalue weighted by Crippen LogP contribution is 2.29. The van der Waals surface area contributed by atoms with Gasteiger partial charge in [0.2, 0.25) is 11.8 Å². The molecule has 0 radical (unpaired) electrons. The molecule has 2 atom stereocenters. The molecule has 1 heterocycles. The Bertz CT molecular complexity index is 294. The number of primary amides is 1. The van der Waals surface area contributed by atoms with Gasteiger partial charge in [0.15, 0.2) is 0 Å². The first-order valence-corrected chi connectivity index (χ1v) is 5.85. The Kier molecular flexibility index (Phi) is 3.61. The molecule has 0 aliphatic carbocycles. The summed E-state index contributed by atoms with van der Waals surface area (Å²) >= 11 is 0. The Hall–Kier alpha value is -1.06. The quantitative estimate of drug-likeness (QED) is 0.767. The third kappa shape index (κ3) is 2.54. The van der Waals surface area contributed by atoms with E-state index in [0.29, 0.717) is 13.0 Å². The molecule has 0 aromatic heterocycles. The Balaban J connectivity index is 2.77. The summed E-state index contributed by atoms with van der Waals surface area (Å²) in [5, 5.41) is 0. The van der Waals surface area contributed by atoms with E-state index in [4.69, 9.17) is 5.73 Å². The molecule has 0 bridgehead atoms. The number of carbonyl (C=O) groups is 2. The Morgan fingerprint density at radius 2 is 1.94 bits per heavy atom. The SMILES string of the molecule is C[C@H](C(=O)N1CCC[C@H]1C(N)=O)C(C)(C)C. The minimum absolute atomic E-state index is 0.0498. The number of hydrogen-bond donors (Lipinski definition) is 1. The van der Waals surface area contributed by atoms with Crippen molar-refractivity contribution in [2.24, 2.45) is 17.1 Å². The van der Waals surface area contributed by atoms with E-state index in [-0.39, 0.29) is 23.1 Å². The van der Waals surface area contributed by atoms with Crippen molar-refractivity contribution in [1.29, 1.82) is 0 Å². The van der Waals surface area contributed by atoms with E-state index >= 15 is 0 Å². The lowest BCUT2D eigenvalue weighted by Crippen LogP contribution is -2.47. The van der Waals surface area contributed by atoms with Crippen LogP contribution in [0.1, 0.15) is 40.5 Å². The number of rotatable bonds is 2. The fourth-order valence-electron chi connectivity index (χ4n) is 1.95. The third-order valence-corrected chi connectivity index (χ3v) is 3.53. The molecule has 0 aromatic carbocycles. The van der Waals surface area contributed by atoms with Crippen molar-refractivity contribution >= 4 is 11.8 Å². The lowest BCUT2D eigenvalue weighted by molar-refractivity contribution is -0.142. The first-order chi connectivity index (χ1) is 7.25. The van der Waals surface area contributed by atoms with Crippen LogP contribution in [0.2, 0.25) is 0 Å². The van der Waals surface area contributed by atoms with Crippen molar-refractivity contribution < 1.29 is 9.59 Å². The second-order valence-electron chi connectivity index (χ2n) is 5.68. The zero-order chi connectivity index (χ0) is 12.5. The van der Waals surface area contributed by atoms with Crippen LogP contribution in [0, 0.1) is 11.3 Å². The predicted octanol–water partition coefficient (Wildman–Crippen LogP) is 1.14. The van der Waals surface area contributed by atoms with Gasteiger partial charge in [-0.15, -0.1) is 0 Å². The van der Waals surface area contributed by atoms with Crippen molar-refractivity contribution in [1.82, 2.24) is 4.90 Å². The Morgan fingerprint density at radius 3 is 2.38 bits per heavy atom. The minimum atomic E-state index is -0.391. The summed E-state index contributed by atoms with van der Waals surface area (Å²) in [4.78, 5) is 25.1. The molecule has 16 heavy (non-hydrogen) atoms. The Morgan fingerprint density at radius 1 is 1.38 bits per heavy atom. The van der Waals surface area contributed by atoms with Crippen molar-refractivity contribution in [3.05, 3.63) is 0 Å². The molecule has 4 heteroatoms. The highest BCUT2D eigenvalue weighted by molar-refractivity contribution is 5.88. The molecule has 1 saturated heterocycles. The van der Waals surface area contributed by atoms with Crippen LogP contribution in [0.25, 0.3) is 0 Å². The van der Waals surface area contributed by atoms with Gasteiger partial charge in [-0.1, -0.05) is 27.7 Å². The maximum absolute atomic E-state index is 12.2. The zero-order valence-corrected chi connectivity index (χ0v) is 10.6. The van der Waals surface area contributed by atoms with E-state index in [9.17, 15) is 9.59 Å². The molecule has 0 spiro atoms. The van der Waals surface area contributed by atoms with Gasteiger partial charge in [0, 0.05) is 12.5 Å². The Labute approximate surface area is 97.2 Å². The average Bonchev–Trinajstić information content (AvgIpc) is 2.62. The summed E-state index contributed by atoms with van der Waals surface area (Å²) in [6.45, 7) is 8.67. The first kappa shape index (κ1) is 13.0. The molecule has 0 saturated carbocycles. The van der Waals surface area contributed by atoms with Crippen LogP contribution in [-0.4, -0.2) is 29.3 Å². The second-order valence-corrected chi connectivity index (χ2v) is 5.68. The molecule has 0 unspecified atom stereocenters. The fraction of sp³-hybridized carbons (Fsp3) is 0.833. The highest BCUT2D eigenvalue weighted by atomic mass is 16.2. The van der Waals surface area contributed by atoms with Crippen LogP contribution in [0.5, 0.6) is 0 Å². The van der Waals surface area contributed by atoms with Gasteiger partial charge in [0.1, 0.15) is 6.04 Å². The van der Waals surface area contributed by atoms with E-state index in [0.717, 1.165) is 6.42 Å². The lowest BCUT2D eigenvalue weighted by atomic mass is 9.81. The van der Waals surface area contributed by atoms with E-state index in [1.807, 2.05) is 27.7 Å². The van der Waals surface area contributed by atoms with Crippen molar-refractivity contribution in [3.8, 4) is 0 Å². The van der Waals surface area contributed by atoms with Crippen LogP contribution in [0.15, 0.2) is 0 Å². The van der Waals surface area contributed by atoms with Crippen LogP contribution in [-0.2, 0) is 9.59 Å². The van der Waals surface area contributed by atoms with E-state index in [2.05, 4.69) is 0 Å². The minimum Gasteiger partial charge on any atom is -0.368 e. The van der Waals surface area contributed by atoms with Crippen LogP contribution in [0.4, 0.5) is 0 Å². The second kappa shape index (κ2) is 4.44. The molecule has 92 valence electrons. The largest absolute Gasteiger partial charge is 0.368 e. The normalized spacial score (nSPS) is 23.2. The van der Waals surface area contributed by atoms with Crippen LogP contribution < -0.4 is 5.73 Å². The van der Waals surface area contributed by atoms with Crippen molar-refractivity contribution in [2.45, 2.75) is 46.6 Å². The average molecular weight is 226 g/mol. The molecule has 2 N–H and O–H groups in total. The molecule has 1 fully saturated rings. The van der Waals surface area contributed by atoms with Gasteiger partial charge >= 0.3 is 0 Å². The van der Waals surface area contributed by atoms with Gasteiger partial charge in [-0.3, -0.25) is 9.59 Å². The van der Waals surface area contributed by atoms with Gasteiger partial charge in [0.25, 0.3) is 0 Å². The molecule has 2 amide bonds. The summed E-state index contributed by atoms with van der Waals surface area (Å²) < 4.78 is 0. The topological polar surface area (TPSA) is 63.4 Å². The van der Waals surface area contributed by atoms with E-state index in [1.54, 1.807) is 4.90 Å². The summed E-state index contributed by atoms with van der Waals surface area (Å²) in [7, 11) is 0. The predicted molar refractivity (Wildman–Crippen MR) is 62.5 cm³/mol. The van der Waals surface area contributed by atoms with Gasteiger partial charge in [-0.05, 0) is 18.3 Å². The van der Waals surface area contributed by atoms with Gasteiger partial charge in [0.05, 0.1) is 0 Å². The standard InChI is InChI=1S/C12H22N2O2/c1-8(12(2,3)4)11(16)14-7-5-6-9(14)10(13)15/h8-9H,5-7H2,1-4H3,(H2,13,15)/t8-,9+/m1/s1. The number of nitrogens with two attached hydrogens (primary N) is 1. The zero-order valence-electron chi connectivity index (χ0n) is 10.6. The van der Waals surface area contributed by atoms with Crippen LogP contribution >= 0.6 is 0 Å². The molecular formula is C12H22N2O2. The number of hydrogen-bond acceptors (Lipinski definition) is 2. The fourth-order valence-corrected chi connectivity index (χ4v) is 1.95. The molecular weight excluding hydrogens is 204 g/mol. The van der Waals surface area contributed by atoms with E-state index < -0.39 is 6.04 Å². The molecule has 1 aliphatic rings. The summed E-state index contributed by atoms with van der Waals surface area (Å²) in [6.07, 6.45) is 1.58. The van der Waals surface area contributed by atoms with Crippen LogP contribution in [0.3, 0.4) is 0 Å². The van der Waals surface area contributed by atoms with Gasteiger partial charge < -0.3 is 10.6 Å². The summed E-state index contributed by atoms with van der Waals surface area (Å²) in [6, 6.07) is -0.391. The molecule has 1 aliphatic heterocycles. The molecule has 1 rings (SSSR count). The lowest BCUT2D eigenvalue weighted by Gasteiger charge is -2.32. The maximum atomic E-state index is 12.2. The molecule has 4 nitrogen and oxygen atoms in total. The van der Waals surface area contributed by atoms with Crippen molar-refractivity contribution in [2.75, 3.05) is 6.54 Å². The number of likely N-dealkylation sites (tertiary alicyclic amines) is 1. The van der Waals surface area contributed by atoms with Gasteiger partial charge in [-0.25, -0.2) is 0 Å². The molecule has 0 aromatic rings. The van der Waals surface area contributed by atoms with Gasteiger partial charge in [-0.2, -0.15) is 0 Å². The smallest absolute Gasteiger partial charge is 0.240 e. The number of nitrogens with zero attached hydrogens (tertiary/aromatic N) is 1. The number of carbonyl (C=O) groups excluding carboxylic acids is 2.